The monoisotopic (exact) mass is 560 g/mol. The van der Waals surface area contributed by atoms with Crippen molar-refractivity contribution < 1.29 is 26.7 Å². The molecule has 1 N–H and O–H groups in total. The molecule has 0 spiro atoms. The van der Waals surface area contributed by atoms with Crippen LogP contribution in [0.1, 0.15) is 27.9 Å². The average Bonchev–Trinajstić information content (AvgIpc) is 3.20. The molecule has 0 atom stereocenters. The molecule has 2 aromatic heterocycles. The third kappa shape index (κ3) is 5.81. The zero-order valence-corrected chi connectivity index (χ0v) is 21.2. The Balaban J connectivity index is 1.48. The fourth-order valence-corrected chi connectivity index (χ4v) is 4.97. The number of nitrogens with one attached hydrogen (secondary N) is 1. The molecule has 1 aliphatic rings. The molecule has 0 fully saturated rings. The van der Waals surface area contributed by atoms with Gasteiger partial charge in [-0.2, -0.15) is 17.6 Å². The van der Waals surface area contributed by atoms with Gasteiger partial charge in [0, 0.05) is 54.9 Å². The zero-order valence-electron chi connectivity index (χ0n) is 20.4. The second kappa shape index (κ2) is 10.8. The number of aromatic nitrogens is 2. The molecule has 0 aliphatic carbocycles. The van der Waals surface area contributed by atoms with Gasteiger partial charge in [-0.3, -0.25) is 9.47 Å². The van der Waals surface area contributed by atoms with Gasteiger partial charge in [-0.25, -0.2) is 14.2 Å². The number of hydrogen-bond donors (Lipinski definition) is 1. The summed E-state index contributed by atoms with van der Waals surface area (Å²) < 4.78 is 71.1. The summed E-state index contributed by atoms with van der Waals surface area (Å²) in [7, 11) is 0. The Bertz CT molecular complexity index is 1560. The quantitative estimate of drug-likeness (QED) is 0.215. The molecule has 3 heterocycles. The van der Waals surface area contributed by atoms with Crippen molar-refractivity contribution >= 4 is 34.6 Å². The van der Waals surface area contributed by atoms with E-state index in [1.165, 1.54) is 12.3 Å². The Kier molecular flexibility index (Phi) is 7.42. The number of pyridine rings is 1. The first-order chi connectivity index (χ1) is 18.6. The molecule has 202 valence electrons. The summed E-state index contributed by atoms with van der Waals surface area (Å²) in [6.45, 7) is 0.981. The SMILES string of the molecule is O=C(NCc1ccnc(F)c1)n1c2c(c3c(C(F)(F)F)cc(F)cc31)CN(CC=Cc1ccc(Cl)cc1)CC2. The smallest absolute Gasteiger partial charge is 0.333 e. The van der Waals surface area contributed by atoms with Crippen LogP contribution in [0.5, 0.6) is 0 Å². The van der Waals surface area contributed by atoms with Crippen LogP contribution in [0.25, 0.3) is 17.0 Å². The summed E-state index contributed by atoms with van der Waals surface area (Å²) in [5.41, 5.74) is 0.765. The van der Waals surface area contributed by atoms with Gasteiger partial charge in [0.25, 0.3) is 0 Å². The Labute approximate surface area is 225 Å². The van der Waals surface area contributed by atoms with E-state index in [-0.39, 0.29) is 30.4 Å². The number of benzene rings is 2. The van der Waals surface area contributed by atoms with E-state index < -0.39 is 29.5 Å². The first kappa shape index (κ1) is 26.8. The molecule has 5 nitrogen and oxygen atoms in total. The van der Waals surface area contributed by atoms with Crippen molar-refractivity contribution in [2.75, 3.05) is 13.1 Å². The van der Waals surface area contributed by atoms with Crippen LogP contribution in [0.4, 0.5) is 26.7 Å². The number of halogens is 6. The topological polar surface area (TPSA) is 50.2 Å². The lowest BCUT2D eigenvalue weighted by Gasteiger charge is -2.27. The molecule has 2 aromatic carbocycles. The summed E-state index contributed by atoms with van der Waals surface area (Å²) in [6.07, 6.45) is 0.473. The van der Waals surface area contributed by atoms with E-state index in [4.69, 9.17) is 11.6 Å². The van der Waals surface area contributed by atoms with Crippen molar-refractivity contribution in [1.82, 2.24) is 19.8 Å². The van der Waals surface area contributed by atoms with Gasteiger partial charge in [-0.1, -0.05) is 35.9 Å². The van der Waals surface area contributed by atoms with Crippen LogP contribution in [0.3, 0.4) is 0 Å². The van der Waals surface area contributed by atoms with Gasteiger partial charge < -0.3 is 5.32 Å². The van der Waals surface area contributed by atoms with Crippen LogP contribution in [-0.2, 0) is 25.7 Å². The van der Waals surface area contributed by atoms with E-state index in [1.807, 2.05) is 29.2 Å². The van der Waals surface area contributed by atoms with Crippen molar-refractivity contribution in [2.24, 2.45) is 0 Å². The molecule has 1 aliphatic heterocycles. The molecule has 0 saturated heterocycles. The minimum atomic E-state index is -4.83. The van der Waals surface area contributed by atoms with Gasteiger partial charge in [-0.05, 0) is 53.1 Å². The highest BCUT2D eigenvalue weighted by Gasteiger charge is 2.38. The normalized spacial score (nSPS) is 14.2. The van der Waals surface area contributed by atoms with E-state index in [2.05, 4.69) is 10.3 Å². The van der Waals surface area contributed by atoms with Crippen molar-refractivity contribution in [2.45, 2.75) is 25.7 Å². The highest BCUT2D eigenvalue weighted by molar-refractivity contribution is 6.30. The fourth-order valence-electron chi connectivity index (χ4n) is 4.84. The molecule has 39 heavy (non-hydrogen) atoms. The maximum absolute atomic E-state index is 14.4. The molecule has 5 rings (SSSR count). The highest BCUT2D eigenvalue weighted by Crippen LogP contribution is 2.41. The predicted molar refractivity (Wildman–Crippen MR) is 138 cm³/mol. The number of carbonyl (C=O) groups is 1. The Morgan fingerprint density at radius 3 is 2.59 bits per heavy atom. The van der Waals surface area contributed by atoms with E-state index in [9.17, 15) is 26.7 Å². The highest BCUT2D eigenvalue weighted by atomic mass is 35.5. The lowest BCUT2D eigenvalue weighted by atomic mass is 10.00. The number of amides is 1. The maximum Gasteiger partial charge on any atom is 0.417 e. The molecule has 0 bridgehead atoms. The fraction of sp³-hybridized carbons (Fsp3) is 0.214. The first-order valence-corrected chi connectivity index (χ1v) is 12.4. The van der Waals surface area contributed by atoms with Gasteiger partial charge in [0.1, 0.15) is 5.82 Å². The largest absolute Gasteiger partial charge is 0.417 e. The van der Waals surface area contributed by atoms with Crippen LogP contribution >= 0.6 is 11.6 Å². The van der Waals surface area contributed by atoms with Crippen LogP contribution in [0.15, 0.2) is 60.8 Å². The second-order valence-electron chi connectivity index (χ2n) is 9.19. The van der Waals surface area contributed by atoms with E-state index in [0.29, 0.717) is 41.0 Å². The van der Waals surface area contributed by atoms with Crippen molar-refractivity contribution in [3.63, 3.8) is 0 Å². The van der Waals surface area contributed by atoms with Gasteiger partial charge in [0.2, 0.25) is 5.95 Å². The number of fused-ring (bicyclic) bond motifs is 3. The van der Waals surface area contributed by atoms with Crippen LogP contribution in [-0.4, -0.2) is 33.6 Å². The van der Waals surface area contributed by atoms with E-state index >= 15 is 0 Å². The molecule has 0 radical (unpaired) electrons. The number of carbonyl (C=O) groups excluding carboxylic acids is 1. The summed E-state index contributed by atoms with van der Waals surface area (Å²) in [5, 5.41) is 3.02. The van der Waals surface area contributed by atoms with Crippen LogP contribution < -0.4 is 5.32 Å². The second-order valence-corrected chi connectivity index (χ2v) is 9.63. The minimum absolute atomic E-state index is 0.0875. The lowest BCUT2D eigenvalue weighted by molar-refractivity contribution is -0.136. The van der Waals surface area contributed by atoms with Gasteiger partial charge >= 0.3 is 12.2 Å². The Morgan fingerprint density at radius 2 is 1.87 bits per heavy atom. The number of rotatable bonds is 5. The minimum Gasteiger partial charge on any atom is -0.333 e. The van der Waals surface area contributed by atoms with Gasteiger partial charge in [-0.15, -0.1) is 0 Å². The summed E-state index contributed by atoms with van der Waals surface area (Å²) in [5.74, 6) is -1.83. The van der Waals surface area contributed by atoms with E-state index in [0.717, 1.165) is 22.3 Å². The standard InChI is InChI=1S/C28H22ClF5N4O/c29-19-5-3-17(4-6-19)2-1-10-37-11-8-23-21(16-37)26-22(28(32,33)34)13-20(30)14-24(26)38(23)27(39)36-15-18-7-9-35-25(31)12-18/h1-7,9,12-14H,8,10-11,15-16H2,(H,36,39). The molecule has 1 amide bonds. The van der Waals surface area contributed by atoms with Crippen molar-refractivity contribution in [1.29, 1.82) is 0 Å². The third-order valence-corrected chi connectivity index (χ3v) is 6.83. The summed E-state index contributed by atoms with van der Waals surface area (Å²) in [4.78, 5) is 18.7. The average molecular weight is 561 g/mol. The lowest BCUT2D eigenvalue weighted by Crippen LogP contribution is -2.34. The van der Waals surface area contributed by atoms with Crippen LogP contribution in [0.2, 0.25) is 5.02 Å². The van der Waals surface area contributed by atoms with E-state index in [1.54, 1.807) is 12.1 Å². The Morgan fingerprint density at radius 1 is 1.10 bits per heavy atom. The predicted octanol–water partition coefficient (Wildman–Crippen LogP) is 6.82. The molecule has 11 heteroatoms. The molecule has 0 saturated carbocycles. The van der Waals surface area contributed by atoms with Crippen molar-refractivity contribution in [3.8, 4) is 0 Å². The Hall–Kier alpha value is -3.76. The zero-order chi connectivity index (χ0) is 27.7. The summed E-state index contributed by atoms with van der Waals surface area (Å²) in [6, 6.07) is 10.5. The molecule has 4 aromatic rings. The van der Waals surface area contributed by atoms with Gasteiger partial charge in [0.15, 0.2) is 0 Å². The summed E-state index contributed by atoms with van der Waals surface area (Å²) >= 11 is 5.92. The third-order valence-electron chi connectivity index (χ3n) is 6.58. The van der Waals surface area contributed by atoms with Gasteiger partial charge in [0.05, 0.1) is 11.1 Å². The molecule has 0 unspecified atom stereocenters. The molecular formula is C28H22ClF5N4O. The maximum atomic E-state index is 14.4. The number of nitrogens with zero attached hydrogens (tertiary/aromatic N) is 3. The van der Waals surface area contributed by atoms with Crippen molar-refractivity contribution in [3.05, 3.63) is 106 Å². The number of alkyl halides is 3. The first-order valence-electron chi connectivity index (χ1n) is 12.1. The molecular weight excluding hydrogens is 539 g/mol. The van der Waals surface area contributed by atoms with Crippen LogP contribution in [0, 0.1) is 11.8 Å². The number of hydrogen-bond acceptors (Lipinski definition) is 3.